The van der Waals surface area contributed by atoms with Gasteiger partial charge in [-0.1, -0.05) is 42.5 Å². The van der Waals surface area contributed by atoms with Gasteiger partial charge in [-0.15, -0.1) is 0 Å². The number of aromatic nitrogens is 2. The molecule has 0 aliphatic carbocycles. The minimum absolute atomic E-state index is 0.0428. The molecule has 2 aliphatic rings. The molecular weight excluding hydrogens is 516 g/mol. The number of carbonyl (C=O) groups excluding carboxylic acids is 1. The number of halogens is 1. The first-order chi connectivity index (χ1) is 17.5. The van der Waals surface area contributed by atoms with Crippen molar-refractivity contribution in [1.29, 1.82) is 0 Å². The Bertz CT molecular complexity index is 1320. The Morgan fingerprint density at radius 2 is 1.89 bits per heavy atom. The van der Waals surface area contributed by atoms with Crippen LogP contribution < -0.4 is 5.32 Å². The van der Waals surface area contributed by atoms with Crippen LogP contribution in [0.5, 0.6) is 5.75 Å². The molecule has 2 aliphatic heterocycles. The van der Waals surface area contributed by atoms with Gasteiger partial charge in [0.1, 0.15) is 11.6 Å². The minimum atomic E-state index is -0.0960. The molecule has 0 saturated carbocycles. The number of hydrogen-bond acceptors (Lipinski definition) is 4. The van der Waals surface area contributed by atoms with Crippen molar-refractivity contribution in [1.82, 2.24) is 20.0 Å². The number of likely N-dealkylation sites (tertiary alicyclic amines) is 1. The summed E-state index contributed by atoms with van der Waals surface area (Å²) in [6.07, 6.45) is 10.1. The summed E-state index contributed by atoms with van der Waals surface area (Å²) >= 11 is 3.67. The average molecular weight is 547 g/mol. The van der Waals surface area contributed by atoms with Crippen LogP contribution in [-0.4, -0.2) is 45.3 Å². The fourth-order valence-electron chi connectivity index (χ4n) is 5.04. The molecule has 0 atom stereocenters. The highest BCUT2D eigenvalue weighted by Gasteiger charge is 2.25. The molecule has 1 saturated heterocycles. The molecule has 1 aromatic heterocycles. The number of phenols is 1. The number of rotatable bonds is 5. The fraction of sp³-hybridized carbons (Fsp3) is 0.310. The zero-order valence-corrected chi connectivity index (χ0v) is 22.0. The van der Waals surface area contributed by atoms with Gasteiger partial charge < -0.3 is 15.3 Å². The molecule has 6 nitrogen and oxygen atoms in total. The lowest BCUT2D eigenvalue weighted by Gasteiger charge is -2.32. The van der Waals surface area contributed by atoms with Crippen molar-refractivity contribution in [3.63, 3.8) is 0 Å². The molecule has 5 rings (SSSR count). The SMILES string of the molecule is Cc1ccccc1C1=C\CCc2c(Br)cnn2/C(NCC2CCN(C(=O)c3ccccc3O)CC2)=C\1. The van der Waals surface area contributed by atoms with E-state index in [1.54, 1.807) is 24.3 Å². The molecular formula is C29H31BrN4O2. The van der Waals surface area contributed by atoms with Crippen molar-refractivity contribution in [3.05, 3.63) is 93.7 Å². The summed E-state index contributed by atoms with van der Waals surface area (Å²) in [5.74, 6) is 1.36. The van der Waals surface area contributed by atoms with Gasteiger partial charge in [0.25, 0.3) is 5.91 Å². The maximum atomic E-state index is 12.9. The van der Waals surface area contributed by atoms with Gasteiger partial charge in [-0.25, -0.2) is 4.68 Å². The van der Waals surface area contributed by atoms with Crippen LogP contribution in [0.2, 0.25) is 0 Å². The van der Waals surface area contributed by atoms with E-state index in [-0.39, 0.29) is 11.7 Å². The smallest absolute Gasteiger partial charge is 0.257 e. The fourth-order valence-corrected chi connectivity index (χ4v) is 5.50. The number of phenolic OH excluding ortho intramolecular Hbond substituents is 1. The molecule has 36 heavy (non-hydrogen) atoms. The number of fused-ring (bicyclic) bond motifs is 1. The number of aromatic hydroxyl groups is 1. The predicted molar refractivity (Wildman–Crippen MR) is 146 cm³/mol. The second-order valence-electron chi connectivity index (χ2n) is 9.53. The zero-order valence-electron chi connectivity index (χ0n) is 20.5. The van der Waals surface area contributed by atoms with Crippen LogP contribution in [0.4, 0.5) is 0 Å². The Hall–Kier alpha value is -3.32. The molecule has 0 unspecified atom stereocenters. The van der Waals surface area contributed by atoms with E-state index < -0.39 is 0 Å². The second-order valence-corrected chi connectivity index (χ2v) is 10.4. The van der Waals surface area contributed by atoms with E-state index in [1.165, 1.54) is 16.7 Å². The quantitative estimate of drug-likeness (QED) is 0.435. The largest absolute Gasteiger partial charge is 0.507 e. The third-order valence-corrected chi connectivity index (χ3v) is 7.81. The average Bonchev–Trinajstić information content (AvgIpc) is 3.24. The summed E-state index contributed by atoms with van der Waals surface area (Å²) in [7, 11) is 0. The molecule has 2 aromatic carbocycles. The van der Waals surface area contributed by atoms with Crippen LogP contribution in [0.25, 0.3) is 11.4 Å². The van der Waals surface area contributed by atoms with Gasteiger partial charge in [-0.05, 0) is 89.4 Å². The number of piperidine rings is 1. The normalized spacial score (nSPS) is 19.3. The van der Waals surface area contributed by atoms with Crippen molar-refractivity contribution in [2.45, 2.75) is 32.6 Å². The first kappa shape index (κ1) is 24.4. The van der Waals surface area contributed by atoms with Gasteiger partial charge in [-0.3, -0.25) is 4.79 Å². The van der Waals surface area contributed by atoms with E-state index in [0.717, 1.165) is 48.2 Å². The Morgan fingerprint density at radius 1 is 1.14 bits per heavy atom. The summed E-state index contributed by atoms with van der Waals surface area (Å²) in [5.41, 5.74) is 5.24. The van der Waals surface area contributed by atoms with Crippen LogP contribution in [0.15, 0.2) is 71.4 Å². The number of para-hydroxylation sites is 1. The van der Waals surface area contributed by atoms with Gasteiger partial charge in [0.05, 0.1) is 21.9 Å². The third kappa shape index (κ3) is 5.12. The van der Waals surface area contributed by atoms with E-state index in [9.17, 15) is 9.90 Å². The molecule has 0 bridgehead atoms. The molecule has 2 N–H and O–H groups in total. The second kappa shape index (κ2) is 10.7. The Balaban J connectivity index is 1.30. The van der Waals surface area contributed by atoms with Gasteiger partial charge >= 0.3 is 0 Å². The molecule has 7 heteroatoms. The van der Waals surface area contributed by atoms with E-state index in [4.69, 9.17) is 0 Å². The highest BCUT2D eigenvalue weighted by atomic mass is 79.9. The van der Waals surface area contributed by atoms with E-state index in [2.05, 4.69) is 69.7 Å². The number of nitrogens with one attached hydrogen (secondary N) is 1. The van der Waals surface area contributed by atoms with Crippen molar-refractivity contribution in [3.8, 4) is 5.75 Å². The number of benzene rings is 2. The first-order valence-electron chi connectivity index (χ1n) is 12.5. The van der Waals surface area contributed by atoms with E-state index in [0.29, 0.717) is 24.6 Å². The van der Waals surface area contributed by atoms with Crippen LogP contribution in [0, 0.1) is 12.8 Å². The summed E-state index contributed by atoms with van der Waals surface area (Å²) in [6.45, 7) is 4.33. The van der Waals surface area contributed by atoms with Gasteiger partial charge in [-0.2, -0.15) is 5.10 Å². The van der Waals surface area contributed by atoms with Crippen LogP contribution in [0.3, 0.4) is 0 Å². The Labute approximate surface area is 220 Å². The van der Waals surface area contributed by atoms with Crippen molar-refractivity contribution < 1.29 is 9.90 Å². The number of carbonyl (C=O) groups is 1. The maximum Gasteiger partial charge on any atom is 0.257 e. The monoisotopic (exact) mass is 546 g/mol. The summed E-state index contributed by atoms with van der Waals surface area (Å²) in [4.78, 5) is 14.7. The molecule has 3 aromatic rings. The zero-order chi connectivity index (χ0) is 25.1. The van der Waals surface area contributed by atoms with Gasteiger partial charge in [0.15, 0.2) is 0 Å². The molecule has 1 fully saturated rings. The van der Waals surface area contributed by atoms with Crippen LogP contribution in [-0.2, 0) is 6.42 Å². The van der Waals surface area contributed by atoms with Crippen LogP contribution >= 0.6 is 15.9 Å². The number of nitrogens with zero attached hydrogens (tertiary/aromatic N) is 3. The van der Waals surface area contributed by atoms with E-state index in [1.807, 2.05) is 15.8 Å². The Kier molecular flexibility index (Phi) is 7.28. The lowest BCUT2D eigenvalue weighted by atomic mass is 9.95. The minimum Gasteiger partial charge on any atom is -0.507 e. The molecule has 3 heterocycles. The highest BCUT2D eigenvalue weighted by molar-refractivity contribution is 9.10. The Morgan fingerprint density at radius 3 is 2.67 bits per heavy atom. The molecule has 0 radical (unpaired) electrons. The number of aryl methyl sites for hydroxylation is 1. The molecule has 0 spiro atoms. The topological polar surface area (TPSA) is 70.4 Å². The standard InChI is InChI=1S/C29H31BrN4O2/c1-20-7-2-3-9-23(20)22-8-6-11-26-25(30)19-32-34(26)28(17-22)31-18-21-13-15-33(16-14-21)29(36)24-10-4-5-12-27(24)35/h2-5,7-10,12,17,19,21,31,35H,6,11,13-16,18H2,1H3/b22-8-,28-17-. The summed E-state index contributed by atoms with van der Waals surface area (Å²) in [6, 6.07) is 15.3. The third-order valence-electron chi connectivity index (χ3n) is 7.15. The van der Waals surface area contributed by atoms with Crippen LogP contribution in [0.1, 0.15) is 46.4 Å². The predicted octanol–water partition coefficient (Wildman–Crippen LogP) is 5.63. The van der Waals surface area contributed by atoms with Crippen molar-refractivity contribution >= 4 is 33.2 Å². The lowest BCUT2D eigenvalue weighted by molar-refractivity contribution is 0.0688. The van der Waals surface area contributed by atoms with Gasteiger partial charge in [0.2, 0.25) is 0 Å². The molecule has 186 valence electrons. The summed E-state index contributed by atoms with van der Waals surface area (Å²) in [5, 5.41) is 18.4. The first-order valence-corrected chi connectivity index (χ1v) is 13.3. The van der Waals surface area contributed by atoms with E-state index >= 15 is 0 Å². The maximum absolute atomic E-state index is 12.9. The van der Waals surface area contributed by atoms with Crippen molar-refractivity contribution in [2.75, 3.05) is 19.6 Å². The highest BCUT2D eigenvalue weighted by Crippen LogP contribution is 2.29. The molecule has 1 amide bonds. The van der Waals surface area contributed by atoms with Crippen molar-refractivity contribution in [2.24, 2.45) is 5.92 Å². The lowest BCUT2D eigenvalue weighted by Crippen LogP contribution is -2.41. The van der Waals surface area contributed by atoms with Gasteiger partial charge in [0, 0.05) is 19.6 Å². The summed E-state index contributed by atoms with van der Waals surface area (Å²) < 4.78 is 3.05. The number of amides is 1. The number of allylic oxidation sites excluding steroid dienone is 3. The number of hydrogen-bond donors (Lipinski definition) is 2.